The van der Waals surface area contributed by atoms with Gasteiger partial charge in [0.1, 0.15) is 0 Å². The summed E-state index contributed by atoms with van der Waals surface area (Å²) >= 11 is 3.25. The highest BCUT2D eigenvalue weighted by molar-refractivity contribution is 9.10. The van der Waals surface area contributed by atoms with E-state index in [9.17, 15) is 13.2 Å². The van der Waals surface area contributed by atoms with Crippen LogP contribution in [0, 0.1) is 0 Å². The minimum absolute atomic E-state index is 0.113. The molecule has 2 aromatic rings. The van der Waals surface area contributed by atoms with Crippen LogP contribution in [-0.4, -0.2) is 20.9 Å². The lowest BCUT2D eigenvalue weighted by Gasteiger charge is -2.10. The highest BCUT2D eigenvalue weighted by atomic mass is 79.9. The molecular formula is C16H17BrN2O3S. The number of rotatable bonds is 6. The molecule has 0 aliphatic carbocycles. The van der Waals surface area contributed by atoms with Gasteiger partial charge in [0, 0.05) is 10.2 Å². The third kappa shape index (κ3) is 4.89. The van der Waals surface area contributed by atoms with Crippen molar-refractivity contribution in [1.82, 2.24) is 4.72 Å². The Hall–Kier alpha value is -1.70. The van der Waals surface area contributed by atoms with Crippen LogP contribution in [0.3, 0.4) is 0 Å². The van der Waals surface area contributed by atoms with Crippen molar-refractivity contribution in [3.8, 4) is 0 Å². The van der Waals surface area contributed by atoms with Gasteiger partial charge in [-0.05, 0) is 42.3 Å². The standard InChI is InChI=1S/C16H17BrN2O3S/c1-2-12-5-3-4-6-15(12)19-16(20)11-18-23(21,22)14-9-7-13(17)8-10-14/h3-10,18H,2,11H2,1H3,(H,19,20). The van der Waals surface area contributed by atoms with Gasteiger partial charge in [0.2, 0.25) is 15.9 Å². The number of nitrogens with one attached hydrogen (secondary N) is 2. The molecule has 2 rings (SSSR count). The maximum atomic E-state index is 12.1. The van der Waals surface area contributed by atoms with E-state index >= 15 is 0 Å². The van der Waals surface area contributed by atoms with Crippen LogP contribution < -0.4 is 10.0 Å². The Kier molecular flexibility index (Phi) is 5.92. The third-order valence-corrected chi connectivity index (χ3v) is 5.16. The van der Waals surface area contributed by atoms with E-state index in [4.69, 9.17) is 0 Å². The Morgan fingerprint density at radius 1 is 1.09 bits per heavy atom. The van der Waals surface area contributed by atoms with E-state index in [2.05, 4.69) is 26.0 Å². The SMILES string of the molecule is CCc1ccccc1NC(=O)CNS(=O)(=O)c1ccc(Br)cc1. The van der Waals surface area contributed by atoms with Gasteiger partial charge in [-0.15, -0.1) is 0 Å². The second-order valence-electron chi connectivity index (χ2n) is 4.84. The largest absolute Gasteiger partial charge is 0.325 e. The van der Waals surface area contributed by atoms with Gasteiger partial charge in [-0.1, -0.05) is 41.1 Å². The van der Waals surface area contributed by atoms with Crippen molar-refractivity contribution in [3.05, 3.63) is 58.6 Å². The first-order valence-corrected chi connectivity index (χ1v) is 9.33. The van der Waals surface area contributed by atoms with Crippen molar-refractivity contribution in [1.29, 1.82) is 0 Å². The molecule has 0 heterocycles. The Labute approximate surface area is 144 Å². The van der Waals surface area contributed by atoms with Crippen molar-refractivity contribution < 1.29 is 13.2 Å². The fourth-order valence-corrected chi connectivity index (χ4v) is 3.25. The van der Waals surface area contributed by atoms with Crippen LogP contribution in [0.25, 0.3) is 0 Å². The number of amides is 1. The second-order valence-corrected chi connectivity index (χ2v) is 7.52. The lowest BCUT2D eigenvalue weighted by molar-refractivity contribution is -0.115. The molecule has 0 bridgehead atoms. The first-order chi connectivity index (χ1) is 10.9. The van der Waals surface area contributed by atoms with Gasteiger partial charge in [-0.25, -0.2) is 13.1 Å². The molecule has 0 saturated heterocycles. The highest BCUT2D eigenvalue weighted by Gasteiger charge is 2.15. The van der Waals surface area contributed by atoms with Gasteiger partial charge < -0.3 is 5.32 Å². The maximum absolute atomic E-state index is 12.1. The first-order valence-electron chi connectivity index (χ1n) is 7.05. The van der Waals surface area contributed by atoms with Crippen molar-refractivity contribution in [3.63, 3.8) is 0 Å². The number of benzene rings is 2. The van der Waals surface area contributed by atoms with E-state index < -0.39 is 15.9 Å². The van der Waals surface area contributed by atoms with Crippen LogP contribution >= 0.6 is 15.9 Å². The van der Waals surface area contributed by atoms with E-state index in [1.807, 2.05) is 25.1 Å². The summed E-state index contributed by atoms with van der Waals surface area (Å²) in [6.07, 6.45) is 0.779. The lowest BCUT2D eigenvalue weighted by atomic mass is 10.1. The van der Waals surface area contributed by atoms with E-state index in [1.54, 1.807) is 18.2 Å². The number of sulfonamides is 1. The number of carbonyl (C=O) groups is 1. The molecule has 5 nitrogen and oxygen atoms in total. The Bertz CT molecular complexity index is 789. The van der Waals surface area contributed by atoms with E-state index in [-0.39, 0.29) is 11.4 Å². The smallest absolute Gasteiger partial charge is 0.241 e. The number of para-hydroxylation sites is 1. The van der Waals surface area contributed by atoms with Crippen LogP contribution in [0.4, 0.5) is 5.69 Å². The summed E-state index contributed by atoms with van der Waals surface area (Å²) in [5.74, 6) is -0.411. The number of hydrogen-bond acceptors (Lipinski definition) is 3. The molecule has 1 amide bonds. The predicted octanol–water partition coefficient (Wildman–Crippen LogP) is 2.93. The molecular weight excluding hydrogens is 380 g/mol. The fourth-order valence-electron chi connectivity index (χ4n) is 2.00. The number of halogens is 1. The monoisotopic (exact) mass is 396 g/mol. The van der Waals surface area contributed by atoms with Crippen molar-refractivity contribution in [2.75, 3.05) is 11.9 Å². The lowest BCUT2D eigenvalue weighted by Crippen LogP contribution is -2.33. The van der Waals surface area contributed by atoms with Crippen LogP contribution in [0.1, 0.15) is 12.5 Å². The van der Waals surface area contributed by atoms with E-state index in [0.717, 1.165) is 16.5 Å². The molecule has 7 heteroatoms. The highest BCUT2D eigenvalue weighted by Crippen LogP contribution is 2.16. The van der Waals surface area contributed by atoms with Crippen LogP contribution in [0.2, 0.25) is 0 Å². The molecule has 0 aliphatic heterocycles. The third-order valence-electron chi connectivity index (χ3n) is 3.22. The molecule has 0 radical (unpaired) electrons. The van der Waals surface area contributed by atoms with Gasteiger partial charge in [0.15, 0.2) is 0 Å². The molecule has 2 N–H and O–H groups in total. The summed E-state index contributed by atoms with van der Waals surface area (Å²) in [4.78, 5) is 12.1. The number of hydrogen-bond donors (Lipinski definition) is 2. The topological polar surface area (TPSA) is 75.3 Å². The Balaban J connectivity index is 2.00. The Morgan fingerprint density at radius 3 is 2.39 bits per heavy atom. The molecule has 0 atom stereocenters. The molecule has 122 valence electrons. The zero-order valence-corrected chi connectivity index (χ0v) is 14.9. The van der Waals surface area contributed by atoms with Gasteiger partial charge >= 0.3 is 0 Å². The van der Waals surface area contributed by atoms with E-state index in [1.165, 1.54) is 12.1 Å². The first kappa shape index (κ1) is 17.7. The molecule has 0 fully saturated rings. The van der Waals surface area contributed by atoms with Crippen molar-refractivity contribution in [2.24, 2.45) is 0 Å². The molecule has 0 spiro atoms. The normalized spacial score (nSPS) is 11.2. The van der Waals surface area contributed by atoms with Gasteiger partial charge in [0.05, 0.1) is 11.4 Å². The summed E-state index contributed by atoms with van der Waals surface area (Å²) in [5, 5.41) is 2.72. The van der Waals surface area contributed by atoms with Crippen molar-refractivity contribution >= 4 is 37.5 Å². The average molecular weight is 397 g/mol. The molecule has 0 unspecified atom stereocenters. The summed E-state index contributed by atoms with van der Waals surface area (Å²) in [7, 11) is -3.71. The number of aryl methyl sites for hydroxylation is 1. The summed E-state index contributed by atoms with van der Waals surface area (Å²) in [6.45, 7) is 1.66. The molecule has 23 heavy (non-hydrogen) atoms. The quantitative estimate of drug-likeness (QED) is 0.787. The minimum Gasteiger partial charge on any atom is -0.325 e. The molecule has 2 aromatic carbocycles. The van der Waals surface area contributed by atoms with E-state index in [0.29, 0.717) is 5.69 Å². The summed E-state index contributed by atoms with van der Waals surface area (Å²) in [5.41, 5.74) is 1.69. The predicted molar refractivity (Wildman–Crippen MR) is 93.8 cm³/mol. The molecule has 0 aromatic heterocycles. The van der Waals surface area contributed by atoms with Crippen LogP contribution in [-0.2, 0) is 21.2 Å². The van der Waals surface area contributed by atoms with Gasteiger partial charge in [-0.2, -0.15) is 0 Å². The van der Waals surface area contributed by atoms with Crippen molar-refractivity contribution in [2.45, 2.75) is 18.2 Å². The number of carbonyl (C=O) groups excluding carboxylic acids is 1. The maximum Gasteiger partial charge on any atom is 0.241 e. The number of anilines is 1. The average Bonchev–Trinajstić information content (AvgIpc) is 2.54. The molecule has 0 aliphatic rings. The Morgan fingerprint density at radius 2 is 1.74 bits per heavy atom. The summed E-state index contributed by atoms with van der Waals surface area (Å²) < 4.78 is 27.3. The van der Waals surface area contributed by atoms with Gasteiger partial charge in [0.25, 0.3) is 0 Å². The minimum atomic E-state index is -3.71. The van der Waals surface area contributed by atoms with Crippen LogP contribution in [0.5, 0.6) is 0 Å². The summed E-state index contributed by atoms with van der Waals surface area (Å²) in [6, 6.07) is 13.6. The fraction of sp³-hybridized carbons (Fsp3) is 0.188. The zero-order valence-electron chi connectivity index (χ0n) is 12.5. The molecule has 0 saturated carbocycles. The zero-order chi connectivity index (χ0) is 16.9. The second kappa shape index (κ2) is 7.72. The van der Waals surface area contributed by atoms with Crippen LogP contribution in [0.15, 0.2) is 57.9 Å². The van der Waals surface area contributed by atoms with Gasteiger partial charge in [-0.3, -0.25) is 4.79 Å².